The van der Waals surface area contributed by atoms with E-state index in [0.717, 1.165) is 5.56 Å². The Bertz CT molecular complexity index is 2180. The molecule has 0 bridgehead atoms. The quantitative estimate of drug-likeness (QED) is 0.0277. The van der Waals surface area contributed by atoms with Crippen LogP contribution >= 0.6 is 0 Å². The molecule has 498 valence electrons. The lowest BCUT2D eigenvalue weighted by Gasteiger charge is -2.46. The van der Waals surface area contributed by atoms with Crippen molar-refractivity contribution in [1.82, 2.24) is 31.5 Å². The van der Waals surface area contributed by atoms with Crippen molar-refractivity contribution in [2.75, 3.05) is 92.0 Å². The third kappa shape index (κ3) is 23.3. The minimum atomic E-state index is -1.98. The number of nitrogens with one attached hydrogen (secondary N) is 5. The number of ether oxygens (including phenoxy) is 9. The summed E-state index contributed by atoms with van der Waals surface area (Å²) in [5, 5.41) is 157. The molecule has 20 atom stereocenters. The van der Waals surface area contributed by atoms with Crippen molar-refractivity contribution >= 4 is 29.7 Å². The van der Waals surface area contributed by atoms with Crippen molar-refractivity contribution in [3.8, 4) is 0 Å². The van der Waals surface area contributed by atoms with Gasteiger partial charge in [-0.15, -0.1) is 0 Å². The molecule has 1 aromatic rings. The summed E-state index contributed by atoms with van der Waals surface area (Å²) >= 11 is 0. The summed E-state index contributed by atoms with van der Waals surface area (Å²) < 4.78 is 49.4. The fourth-order valence-electron chi connectivity index (χ4n) is 9.47. The molecule has 5 amide bonds. The Morgan fingerprint density at radius 2 is 0.839 bits per heavy atom. The molecule has 4 fully saturated rings. The highest BCUT2D eigenvalue weighted by Crippen LogP contribution is 2.31. The fourth-order valence-corrected chi connectivity index (χ4v) is 9.47. The van der Waals surface area contributed by atoms with Gasteiger partial charge in [0.1, 0.15) is 104 Å². The van der Waals surface area contributed by atoms with Crippen LogP contribution in [0.5, 0.6) is 0 Å². The van der Waals surface area contributed by atoms with E-state index in [1.807, 2.05) is 30.3 Å². The van der Waals surface area contributed by atoms with Gasteiger partial charge in [0.25, 0.3) is 0 Å². The van der Waals surface area contributed by atoms with E-state index in [1.165, 1.54) is 4.90 Å². The van der Waals surface area contributed by atoms with E-state index in [2.05, 4.69) is 26.6 Å². The van der Waals surface area contributed by atoms with Gasteiger partial charge in [-0.3, -0.25) is 24.1 Å². The van der Waals surface area contributed by atoms with E-state index in [9.17, 15) is 95.5 Å². The van der Waals surface area contributed by atoms with E-state index in [1.54, 1.807) is 0 Å². The van der Waals surface area contributed by atoms with Crippen molar-refractivity contribution in [2.24, 2.45) is 0 Å². The van der Waals surface area contributed by atoms with Crippen LogP contribution in [0.15, 0.2) is 30.3 Å². The van der Waals surface area contributed by atoms with Gasteiger partial charge in [0, 0.05) is 39.1 Å². The Morgan fingerprint density at radius 1 is 0.425 bits per heavy atom. The van der Waals surface area contributed by atoms with Gasteiger partial charge in [-0.25, -0.2) is 4.79 Å². The molecule has 5 rings (SSSR count). The van der Waals surface area contributed by atoms with E-state index in [0.29, 0.717) is 45.1 Å². The smallest absolute Gasteiger partial charge is 0.407 e. The topological polar surface area (TPSA) is 515 Å². The van der Waals surface area contributed by atoms with E-state index >= 15 is 0 Å². The third-order valence-electron chi connectivity index (χ3n) is 14.5. The number of carbonyl (C=O) groups excluding carboxylic acids is 5. The number of unbranched alkanes of at least 4 members (excludes halogenated alkanes) is 4. The van der Waals surface area contributed by atoms with Gasteiger partial charge < -0.3 is 141 Å². The first kappa shape index (κ1) is 73.2. The number of hydrogen-bond donors (Lipinski definition) is 19. The van der Waals surface area contributed by atoms with Gasteiger partial charge in [-0.05, 0) is 37.7 Å². The van der Waals surface area contributed by atoms with Crippen LogP contribution in [0.4, 0.5) is 4.79 Å². The predicted octanol–water partition coefficient (Wildman–Crippen LogP) is -9.31. The molecule has 34 heteroatoms. The molecule has 87 heavy (non-hydrogen) atoms. The van der Waals surface area contributed by atoms with Gasteiger partial charge >= 0.3 is 6.09 Å². The van der Waals surface area contributed by atoms with E-state index < -0.39 is 199 Å². The molecular formula is C53H88N6O28. The molecule has 0 aliphatic carbocycles. The molecule has 0 spiro atoms. The van der Waals surface area contributed by atoms with Crippen molar-refractivity contribution in [3.63, 3.8) is 0 Å². The number of hydrogen-bond acceptors (Lipinski definition) is 29. The van der Waals surface area contributed by atoms with E-state index in [4.69, 9.17) is 42.6 Å². The van der Waals surface area contributed by atoms with Gasteiger partial charge in [0.05, 0.1) is 59.3 Å². The largest absolute Gasteiger partial charge is 0.445 e. The monoisotopic (exact) mass is 1260 g/mol. The zero-order valence-corrected chi connectivity index (χ0v) is 47.9. The van der Waals surface area contributed by atoms with Crippen molar-refractivity contribution < 1.29 is 138 Å². The Kier molecular flexibility index (Phi) is 32.1. The maximum atomic E-state index is 13.4. The zero-order valence-electron chi connectivity index (χ0n) is 47.9. The Morgan fingerprint density at radius 3 is 1.34 bits per heavy atom. The third-order valence-corrected chi connectivity index (χ3v) is 14.5. The van der Waals surface area contributed by atoms with Crippen LogP contribution in [0.25, 0.3) is 0 Å². The second kappa shape index (κ2) is 38.2. The number of aliphatic hydroxyl groups excluding tert-OH is 14. The normalized spacial score (nSPS) is 32.7. The number of rotatable bonds is 36. The van der Waals surface area contributed by atoms with Crippen LogP contribution in [0.1, 0.15) is 50.5 Å². The summed E-state index contributed by atoms with van der Waals surface area (Å²) in [6.07, 6.45) is -31.1. The fraction of sp³-hybridized carbons (Fsp3) is 0.792. The molecule has 19 N–H and O–H groups in total. The highest BCUT2D eigenvalue weighted by molar-refractivity contribution is 5.84. The Labute approximate surface area is 500 Å². The minimum absolute atomic E-state index is 0.0245. The lowest BCUT2D eigenvalue weighted by Crippen LogP contribution is -2.65. The maximum Gasteiger partial charge on any atom is 0.407 e. The number of nitrogens with zero attached hydrogens (tertiary/aromatic N) is 1. The Balaban J connectivity index is 1.10. The maximum absolute atomic E-state index is 13.4. The number of amides is 5. The summed E-state index contributed by atoms with van der Waals surface area (Å²) in [4.78, 5) is 65.5. The molecule has 0 radical (unpaired) electrons. The molecule has 0 aromatic heterocycles. The molecule has 0 unspecified atom stereocenters. The Hall–Kier alpha value is -4.55. The molecule has 1 aromatic carbocycles. The van der Waals surface area contributed by atoms with Crippen LogP contribution in [0, 0.1) is 0 Å². The summed E-state index contributed by atoms with van der Waals surface area (Å²) in [7, 11) is 0. The average Bonchev–Trinajstić information content (AvgIpc) is 1.85. The average molecular weight is 1260 g/mol. The van der Waals surface area contributed by atoms with Gasteiger partial charge in [0.2, 0.25) is 23.6 Å². The number of benzene rings is 1. The number of aliphatic hydroxyl groups is 14. The minimum Gasteiger partial charge on any atom is -0.445 e. The summed E-state index contributed by atoms with van der Waals surface area (Å²) in [6.45, 7) is -4.24. The molecule has 4 aliphatic rings. The van der Waals surface area contributed by atoms with Crippen LogP contribution in [0.2, 0.25) is 0 Å². The first-order valence-electron chi connectivity index (χ1n) is 28.8. The van der Waals surface area contributed by atoms with Crippen LogP contribution in [-0.2, 0) is 68.4 Å². The van der Waals surface area contributed by atoms with Crippen LogP contribution in [0.3, 0.4) is 0 Å². The molecule has 34 nitrogen and oxygen atoms in total. The van der Waals surface area contributed by atoms with E-state index in [-0.39, 0.29) is 51.7 Å². The molecule has 4 aliphatic heterocycles. The molecule has 0 saturated carbocycles. The predicted molar refractivity (Wildman–Crippen MR) is 290 cm³/mol. The summed E-state index contributed by atoms with van der Waals surface area (Å²) in [5.74, 6) is -2.06. The summed E-state index contributed by atoms with van der Waals surface area (Å²) in [6, 6.07) is 9.16. The lowest BCUT2D eigenvalue weighted by molar-refractivity contribution is -0.366. The standard InChI is InChI=1S/C53H88N6O28/c60-23-29-37(67)41(71)44(74)49(83-29)79-18-16-56-33(63)12-6-2-7-13-54-34(64)20-59(21-35(65)55-14-8-3-9-15-58-53(78)82-26-28-10-4-1-5-11-28)22-36(66)57-17-19-80-51-47(77)48(87-52-46(76)43(73)39(69)31(25-62)85-52)40(70)32(86-51)27-81-50-45(75)42(72)38(68)30(24-61)84-50/h1,4-5,10-11,29-32,37-52,60-62,67-77H,2-3,6-9,12-27H2,(H,54,64)(H,55,65)(H,56,63)(H,57,66)(H,58,78)/t29-,30-,31-,32-,37-,38-,39-,40-,41+,42+,43+,44+,45+,46+,47+,48+,49+,50+,51+,52-/m1/s1. The first-order valence-corrected chi connectivity index (χ1v) is 28.8. The van der Waals surface area contributed by atoms with Crippen LogP contribution in [-0.4, -0.2) is 321 Å². The number of carbonyl (C=O) groups is 5. The number of alkyl carbamates (subject to hydrolysis) is 1. The van der Waals surface area contributed by atoms with Gasteiger partial charge in [0.15, 0.2) is 25.2 Å². The first-order chi connectivity index (χ1) is 41.7. The van der Waals surface area contributed by atoms with Gasteiger partial charge in [-0.1, -0.05) is 36.8 Å². The molecule has 4 heterocycles. The second-order valence-electron chi connectivity index (χ2n) is 21.2. The summed E-state index contributed by atoms with van der Waals surface area (Å²) in [5.41, 5.74) is 0.835. The highest BCUT2D eigenvalue weighted by Gasteiger charge is 2.52. The molecular weight excluding hydrogens is 1170 g/mol. The second-order valence-corrected chi connectivity index (χ2v) is 21.2. The zero-order chi connectivity index (χ0) is 63.6. The SMILES string of the molecule is O=C(CCCCCNC(=O)CN(CC(=O)NCCCCCNC(=O)OCc1ccccc1)CC(=O)NCCO[C@H]1O[C@H](CO[C@H]2O[C@H](CO)[C@@H](O)[C@H](O)[C@@H]2O)[C@@H](O)[C@H](O[C@H]2O[C@H](CO)[C@@H](O)[C@H](O)[C@@H]2O)[C@@H]1O)NCCO[C@H]1O[C@H](CO)[C@@H](O)[C@H](O)[C@@H]1O. The van der Waals surface area contributed by atoms with Crippen molar-refractivity contribution in [2.45, 2.75) is 174 Å². The lowest BCUT2D eigenvalue weighted by atomic mass is 9.96. The van der Waals surface area contributed by atoms with Crippen molar-refractivity contribution in [1.29, 1.82) is 0 Å². The van der Waals surface area contributed by atoms with Gasteiger partial charge in [-0.2, -0.15) is 0 Å². The molecule has 4 saturated heterocycles. The highest BCUT2D eigenvalue weighted by atomic mass is 16.8. The van der Waals surface area contributed by atoms with Crippen molar-refractivity contribution in [3.05, 3.63) is 35.9 Å². The van der Waals surface area contributed by atoms with Crippen LogP contribution < -0.4 is 26.6 Å².